The monoisotopic (exact) mass is 280 g/mol. The van der Waals surface area contributed by atoms with Crippen LogP contribution >= 0.6 is 11.8 Å². The molecule has 5 heteroatoms. The zero-order valence-electron chi connectivity index (χ0n) is 10.9. The molecule has 3 nitrogen and oxygen atoms in total. The van der Waals surface area contributed by atoms with Gasteiger partial charge in [0.1, 0.15) is 11.4 Å². The summed E-state index contributed by atoms with van der Waals surface area (Å²) in [5.74, 6) is 0.959. The van der Waals surface area contributed by atoms with Crippen molar-refractivity contribution in [1.29, 1.82) is 0 Å². The largest absolute Gasteiger partial charge is 0.379 e. The summed E-state index contributed by atoms with van der Waals surface area (Å²) in [7, 11) is 0. The van der Waals surface area contributed by atoms with Crippen molar-refractivity contribution in [3.8, 4) is 0 Å². The highest BCUT2D eigenvalue weighted by Crippen LogP contribution is 2.45. The molecule has 0 radical (unpaired) electrons. The molecule has 0 aliphatic carbocycles. The predicted octanol–water partition coefficient (Wildman–Crippen LogP) is 2.43. The number of nitrogens with zero attached hydrogens (tertiary/aromatic N) is 1. The molecule has 0 spiro atoms. The summed E-state index contributed by atoms with van der Waals surface area (Å²) < 4.78 is 19.9. The molecule has 0 saturated carbocycles. The summed E-state index contributed by atoms with van der Waals surface area (Å²) in [6.07, 6.45) is 0.900. The molecule has 0 aromatic heterocycles. The summed E-state index contributed by atoms with van der Waals surface area (Å²) in [4.78, 5) is 4.59. The van der Waals surface area contributed by atoms with Gasteiger partial charge in [0.05, 0.1) is 6.61 Å². The van der Waals surface area contributed by atoms with Crippen LogP contribution in [0.1, 0.15) is 17.5 Å². The van der Waals surface area contributed by atoms with E-state index in [9.17, 15) is 4.39 Å². The molecule has 2 atom stereocenters. The van der Waals surface area contributed by atoms with E-state index < -0.39 is 5.54 Å². The lowest BCUT2D eigenvalue weighted by Gasteiger charge is -2.43. The molecule has 1 saturated heterocycles. The Morgan fingerprint density at radius 3 is 3.16 bits per heavy atom. The normalized spacial score (nSPS) is 30.6. The minimum absolute atomic E-state index is 0.209. The average Bonchev–Trinajstić information content (AvgIpc) is 2.38. The molecule has 102 valence electrons. The number of thioether (sulfide) groups is 1. The maximum absolute atomic E-state index is 14.4. The predicted molar refractivity (Wildman–Crippen MR) is 75.8 cm³/mol. The van der Waals surface area contributed by atoms with Crippen molar-refractivity contribution < 1.29 is 9.13 Å². The molecule has 2 N–H and O–H groups in total. The van der Waals surface area contributed by atoms with Crippen LogP contribution in [0.15, 0.2) is 23.2 Å². The number of aliphatic imine (C=N–C) groups is 1. The lowest BCUT2D eigenvalue weighted by molar-refractivity contribution is 0.00300. The van der Waals surface area contributed by atoms with Gasteiger partial charge >= 0.3 is 0 Å². The first-order valence-corrected chi connectivity index (χ1v) is 7.43. The fourth-order valence-electron chi connectivity index (χ4n) is 2.90. The molecular weight excluding hydrogens is 263 g/mol. The highest BCUT2D eigenvalue weighted by Gasteiger charge is 2.47. The Bertz CT molecular complexity index is 534. The standard InChI is InChI=1S/C14H17FN2OS/c1-9-2-3-11(12(15)6-9)14-8-18-5-4-10(14)7-19-13(16)17-14/h2-3,6,10H,4-5,7-8H2,1H3,(H2,16,17)/t10-,14-/m0/s1. The Kier molecular flexibility index (Phi) is 3.27. The third kappa shape index (κ3) is 2.15. The first kappa shape index (κ1) is 12.9. The van der Waals surface area contributed by atoms with Crippen LogP contribution in [0.3, 0.4) is 0 Å². The Balaban J connectivity index is 2.13. The third-order valence-corrected chi connectivity index (χ3v) is 4.90. The van der Waals surface area contributed by atoms with Gasteiger partial charge in [-0.3, -0.25) is 0 Å². The van der Waals surface area contributed by atoms with Crippen molar-refractivity contribution in [2.45, 2.75) is 18.9 Å². The number of halogens is 1. The van der Waals surface area contributed by atoms with E-state index in [-0.39, 0.29) is 11.7 Å². The molecule has 19 heavy (non-hydrogen) atoms. The SMILES string of the molecule is Cc1ccc([C@]23COCC[C@H]2CSC(N)=N3)c(F)c1. The van der Waals surface area contributed by atoms with Crippen LogP contribution in [0.2, 0.25) is 0 Å². The fraction of sp³-hybridized carbons (Fsp3) is 0.500. The van der Waals surface area contributed by atoms with Crippen LogP contribution < -0.4 is 5.73 Å². The summed E-state index contributed by atoms with van der Waals surface area (Å²) in [5.41, 5.74) is 6.77. The lowest BCUT2D eigenvalue weighted by Crippen LogP contribution is -2.48. The molecule has 0 bridgehead atoms. The number of hydrogen-bond donors (Lipinski definition) is 1. The van der Waals surface area contributed by atoms with E-state index in [0.717, 1.165) is 24.3 Å². The fourth-order valence-corrected chi connectivity index (χ4v) is 3.94. The number of ether oxygens (including phenoxy) is 1. The van der Waals surface area contributed by atoms with Crippen LogP contribution in [0.4, 0.5) is 4.39 Å². The van der Waals surface area contributed by atoms with Gasteiger partial charge in [0.2, 0.25) is 0 Å². The molecule has 0 amide bonds. The first-order chi connectivity index (χ1) is 9.12. The Hall–Kier alpha value is -1.07. The van der Waals surface area contributed by atoms with Gasteiger partial charge in [-0.25, -0.2) is 9.38 Å². The van der Waals surface area contributed by atoms with Crippen molar-refractivity contribution in [3.05, 3.63) is 35.1 Å². The molecule has 2 aliphatic rings. The number of amidine groups is 1. The van der Waals surface area contributed by atoms with Crippen molar-refractivity contribution in [3.63, 3.8) is 0 Å². The summed E-state index contributed by atoms with van der Waals surface area (Å²) >= 11 is 1.56. The minimum Gasteiger partial charge on any atom is -0.379 e. The number of fused-ring (bicyclic) bond motifs is 1. The van der Waals surface area contributed by atoms with E-state index in [1.165, 1.54) is 0 Å². The van der Waals surface area contributed by atoms with Crippen LogP contribution in [-0.2, 0) is 10.3 Å². The van der Waals surface area contributed by atoms with E-state index in [2.05, 4.69) is 4.99 Å². The molecule has 1 aromatic carbocycles. The van der Waals surface area contributed by atoms with E-state index in [0.29, 0.717) is 17.3 Å². The van der Waals surface area contributed by atoms with E-state index >= 15 is 0 Å². The Morgan fingerprint density at radius 2 is 2.37 bits per heavy atom. The van der Waals surface area contributed by atoms with Gasteiger partial charge < -0.3 is 10.5 Å². The Labute approximate surface area is 116 Å². The van der Waals surface area contributed by atoms with Crippen molar-refractivity contribution in [2.75, 3.05) is 19.0 Å². The second-order valence-corrected chi connectivity index (χ2v) is 6.25. The third-order valence-electron chi connectivity index (χ3n) is 3.94. The smallest absolute Gasteiger partial charge is 0.154 e. The van der Waals surface area contributed by atoms with Crippen LogP contribution in [-0.4, -0.2) is 24.1 Å². The van der Waals surface area contributed by atoms with Crippen molar-refractivity contribution in [2.24, 2.45) is 16.6 Å². The van der Waals surface area contributed by atoms with Crippen molar-refractivity contribution in [1.82, 2.24) is 0 Å². The average molecular weight is 280 g/mol. The van der Waals surface area contributed by atoms with Crippen LogP contribution in [0.5, 0.6) is 0 Å². The maximum Gasteiger partial charge on any atom is 0.154 e. The number of rotatable bonds is 1. The molecule has 1 aromatic rings. The number of aryl methyl sites for hydroxylation is 1. The molecule has 2 heterocycles. The van der Waals surface area contributed by atoms with E-state index in [1.807, 2.05) is 19.1 Å². The topological polar surface area (TPSA) is 47.6 Å². The summed E-state index contributed by atoms with van der Waals surface area (Å²) in [5, 5.41) is 0.529. The van der Waals surface area contributed by atoms with Gasteiger partial charge in [-0.2, -0.15) is 0 Å². The van der Waals surface area contributed by atoms with Gasteiger partial charge in [0.15, 0.2) is 5.17 Å². The van der Waals surface area contributed by atoms with Gasteiger partial charge in [-0.05, 0) is 25.0 Å². The number of hydrogen-bond acceptors (Lipinski definition) is 4. The molecule has 2 aliphatic heterocycles. The number of benzene rings is 1. The molecule has 3 rings (SSSR count). The van der Waals surface area contributed by atoms with Crippen LogP contribution in [0, 0.1) is 18.7 Å². The van der Waals surface area contributed by atoms with E-state index in [4.69, 9.17) is 10.5 Å². The second-order valence-electron chi connectivity index (χ2n) is 5.21. The Morgan fingerprint density at radius 1 is 1.53 bits per heavy atom. The number of nitrogens with two attached hydrogens (primary N) is 1. The molecule has 1 fully saturated rings. The highest BCUT2D eigenvalue weighted by atomic mass is 32.2. The second kappa shape index (κ2) is 4.80. The quantitative estimate of drug-likeness (QED) is 0.859. The van der Waals surface area contributed by atoms with Gasteiger partial charge in [0.25, 0.3) is 0 Å². The first-order valence-electron chi connectivity index (χ1n) is 6.44. The van der Waals surface area contributed by atoms with Gasteiger partial charge in [0, 0.05) is 23.8 Å². The van der Waals surface area contributed by atoms with Crippen LogP contribution in [0.25, 0.3) is 0 Å². The van der Waals surface area contributed by atoms with Gasteiger partial charge in [-0.1, -0.05) is 23.9 Å². The molecule has 0 unspecified atom stereocenters. The molecular formula is C14H17FN2OS. The maximum atomic E-state index is 14.4. The zero-order chi connectivity index (χ0) is 13.5. The lowest BCUT2D eigenvalue weighted by atomic mass is 9.76. The minimum atomic E-state index is -0.634. The summed E-state index contributed by atoms with van der Waals surface area (Å²) in [6, 6.07) is 5.31. The zero-order valence-corrected chi connectivity index (χ0v) is 11.7. The summed E-state index contributed by atoms with van der Waals surface area (Å²) in [6.45, 7) is 3.02. The van der Waals surface area contributed by atoms with Gasteiger partial charge in [-0.15, -0.1) is 0 Å². The van der Waals surface area contributed by atoms with Crippen molar-refractivity contribution >= 4 is 16.9 Å². The van der Waals surface area contributed by atoms with E-state index in [1.54, 1.807) is 17.8 Å². The highest BCUT2D eigenvalue weighted by molar-refractivity contribution is 8.13.